The molecule has 0 saturated carbocycles. The van der Waals surface area contributed by atoms with Gasteiger partial charge in [0.15, 0.2) is 0 Å². The van der Waals surface area contributed by atoms with Crippen LogP contribution in [0.2, 0.25) is 0 Å². The molecule has 1 rings (SSSR count). The normalized spacial score (nSPS) is 10.2. The number of pyridine rings is 1. The first-order valence-corrected chi connectivity index (χ1v) is 5.58. The second-order valence-electron chi connectivity index (χ2n) is 3.83. The molecule has 1 heterocycles. The van der Waals surface area contributed by atoms with Crippen molar-refractivity contribution in [3.63, 3.8) is 0 Å². The van der Waals surface area contributed by atoms with Gasteiger partial charge in [-0.15, -0.1) is 0 Å². The predicted octanol–water partition coefficient (Wildman–Crippen LogP) is -0.172. The first-order chi connectivity index (χ1) is 8.97. The Labute approximate surface area is 109 Å². The number of carbonyl (C=O) groups is 1. The van der Waals surface area contributed by atoms with Crippen LogP contribution in [0, 0.1) is 17.0 Å². The maximum atomic E-state index is 11.6. The van der Waals surface area contributed by atoms with Crippen LogP contribution in [0.4, 0.5) is 5.69 Å². The Hall–Kier alpha value is -2.22. The summed E-state index contributed by atoms with van der Waals surface area (Å²) in [4.78, 5) is 33.4. The van der Waals surface area contributed by atoms with E-state index >= 15 is 0 Å². The summed E-state index contributed by atoms with van der Waals surface area (Å²) >= 11 is 0. The van der Waals surface area contributed by atoms with Gasteiger partial charge in [0.2, 0.25) is 5.91 Å². The van der Waals surface area contributed by atoms with Gasteiger partial charge in [0.1, 0.15) is 6.54 Å². The smallest absolute Gasteiger partial charge is 0.288 e. The highest BCUT2D eigenvalue weighted by Gasteiger charge is 2.16. The monoisotopic (exact) mass is 269 g/mol. The van der Waals surface area contributed by atoms with E-state index in [1.165, 1.54) is 14.0 Å². The molecule has 0 spiro atoms. The Balaban J connectivity index is 2.89. The van der Waals surface area contributed by atoms with E-state index in [4.69, 9.17) is 4.74 Å². The molecule has 0 fully saturated rings. The fraction of sp³-hybridized carbons (Fsp3) is 0.455. The van der Waals surface area contributed by atoms with Gasteiger partial charge in [-0.1, -0.05) is 0 Å². The van der Waals surface area contributed by atoms with Gasteiger partial charge in [0, 0.05) is 25.8 Å². The average Bonchev–Trinajstić information content (AvgIpc) is 2.34. The quantitative estimate of drug-likeness (QED) is 0.438. The minimum atomic E-state index is -0.589. The predicted molar refractivity (Wildman–Crippen MR) is 67.0 cm³/mol. The van der Waals surface area contributed by atoms with Crippen LogP contribution in [0.25, 0.3) is 0 Å². The van der Waals surface area contributed by atoms with Crippen molar-refractivity contribution in [1.82, 2.24) is 9.88 Å². The zero-order valence-electron chi connectivity index (χ0n) is 10.7. The van der Waals surface area contributed by atoms with Crippen molar-refractivity contribution in [2.45, 2.75) is 13.5 Å². The lowest BCUT2D eigenvalue weighted by atomic mass is 10.3. The summed E-state index contributed by atoms with van der Waals surface area (Å²) < 4.78 is 5.84. The zero-order chi connectivity index (χ0) is 14.4. The van der Waals surface area contributed by atoms with Crippen LogP contribution in [0.5, 0.6) is 0 Å². The Morgan fingerprint density at radius 3 is 2.79 bits per heavy atom. The molecule has 1 amide bonds. The van der Waals surface area contributed by atoms with Crippen molar-refractivity contribution in [1.29, 1.82) is 0 Å². The van der Waals surface area contributed by atoms with Gasteiger partial charge in [-0.05, 0) is 6.92 Å². The van der Waals surface area contributed by atoms with Crippen LogP contribution in [-0.2, 0) is 16.1 Å². The minimum absolute atomic E-state index is 0.152. The van der Waals surface area contributed by atoms with Crippen molar-refractivity contribution in [3.8, 4) is 0 Å². The number of hydrogen-bond donors (Lipinski definition) is 1. The van der Waals surface area contributed by atoms with Crippen molar-refractivity contribution in [2.75, 3.05) is 20.3 Å². The molecule has 0 atom stereocenters. The largest absolute Gasteiger partial charge is 0.383 e. The van der Waals surface area contributed by atoms with Crippen molar-refractivity contribution in [2.24, 2.45) is 0 Å². The molecule has 0 aliphatic rings. The summed E-state index contributed by atoms with van der Waals surface area (Å²) in [5.41, 5.74) is -0.492. The molecule has 1 N–H and O–H groups in total. The van der Waals surface area contributed by atoms with Crippen LogP contribution in [-0.4, -0.2) is 35.7 Å². The molecule has 0 aromatic carbocycles. The molecule has 8 heteroatoms. The van der Waals surface area contributed by atoms with Crippen LogP contribution < -0.4 is 10.9 Å². The fourth-order valence-electron chi connectivity index (χ4n) is 1.55. The number of nitro groups is 1. The van der Waals surface area contributed by atoms with E-state index in [-0.39, 0.29) is 17.9 Å². The maximum absolute atomic E-state index is 11.6. The molecule has 0 unspecified atom stereocenters. The van der Waals surface area contributed by atoms with E-state index in [9.17, 15) is 19.7 Å². The highest BCUT2D eigenvalue weighted by Crippen LogP contribution is 2.14. The first kappa shape index (κ1) is 14.8. The summed E-state index contributed by atoms with van der Waals surface area (Å²) in [6.45, 7) is 1.85. The Bertz CT molecular complexity index is 538. The van der Waals surface area contributed by atoms with Gasteiger partial charge in [-0.2, -0.15) is 0 Å². The van der Waals surface area contributed by atoms with Gasteiger partial charge in [0.05, 0.1) is 17.2 Å². The Kier molecular flexibility index (Phi) is 5.19. The maximum Gasteiger partial charge on any atom is 0.288 e. The third-order valence-electron chi connectivity index (χ3n) is 2.55. The Morgan fingerprint density at radius 2 is 2.21 bits per heavy atom. The van der Waals surface area contributed by atoms with E-state index in [0.29, 0.717) is 13.2 Å². The first-order valence-electron chi connectivity index (χ1n) is 5.58. The van der Waals surface area contributed by atoms with Crippen LogP contribution in [0.15, 0.2) is 16.9 Å². The van der Waals surface area contributed by atoms with Gasteiger partial charge >= 0.3 is 0 Å². The molecule has 0 saturated heterocycles. The standard InChI is InChI=1S/C11H15N3O5/c1-8-9(14(17)18)3-4-11(16)13(8)7-10(15)12-5-6-19-2/h3-4H,5-7H2,1-2H3,(H,12,15). The number of amides is 1. The minimum Gasteiger partial charge on any atom is -0.383 e. The van der Waals surface area contributed by atoms with E-state index in [2.05, 4.69) is 5.32 Å². The van der Waals surface area contributed by atoms with Gasteiger partial charge in [-0.25, -0.2) is 0 Å². The van der Waals surface area contributed by atoms with Crippen molar-refractivity contribution >= 4 is 11.6 Å². The molecule has 0 aliphatic heterocycles. The number of aromatic nitrogens is 1. The second kappa shape index (κ2) is 6.64. The summed E-state index contributed by atoms with van der Waals surface area (Å²) in [5.74, 6) is -0.400. The third kappa shape index (κ3) is 3.88. The third-order valence-corrected chi connectivity index (χ3v) is 2.55. The summed E-state index contributed by atoms with van der Waals surface area (Å²) in [6, 6.07) is 2.21. The molecule has 1 aromatic rings. The molecular weight excluding hydrogens is 254 g/mol. The SMILES string of the molecule is COCCNC(=O)Cn1c(C)c([N+](=O)[O-])ccc1=O. The highest BCUT2D eigenvalue weighted by atomic mass is 16.6. The number of nitrogens with zero attached hydrogens (tertiary/aromatic N) is 2. The molecule has 0 aliphatic carbocycles. The number of methoxy groups -OCH3 is 1. The molecule has 0 radical (unpaired) electrons. The summed E-state index contributed by atoms with van der Waals surface area (Å²) in [7, 11) is 1.50. The summed E-state index contributed by atoms with van der Waals surface area (Å²) in [6.07, 6.45) is 0. The van der Waals surface area contributed by atoms with Crippen LogP contribution in [0.1, 0.15) is 5.69 Å². The lowest BCUT2D eigenvalue weighted by Crippen LogP contribution is -2.34. The van der Waals surface area contributed by atoms with E-state index in [1.807, 2.05) is 0 Å². The number of nitrogens with one attached hydrogen (secondary N) is 1. The molecular formula is C11H15N3O5. The number of ether oxygens (including phenoxy) is 1. The summed E-state index contributed by atoms with van der Waals surface area (Å²) in [5, 5.41) is 13.3. The molecule has 8 nitrogen and oxygen atoms in total. The zero-order valence-corrected chi connectivity index (χ0v) is 10.7. The molecule has 19 heavy (non-hydrogen) atoms. The lowest BCUT2D eigenvalue weighted by molar-refractivity contribution is -0.386. The van der Waals surface area contributed by atoms with E-state index in [0.717, 1.165) is 16.7 Å². The molecule has 1 aromatic heterocycles. The van der Waals surface area contributed by atoms with Crippen LogP contribution >= 0.6 is 0 Å². The molecule has 0 bridgehead atoms. The van der Waals surface area contributed by atoms with Crippen molar-refractivity contribution < 1.29 is 14.5 Å². The number of rotatable bonds is 6. The topological polar surface area (TPSA) is 103 Å². The average molecular weight is 269 g/mol. The van der Waals surface area contributed by atoms with Crippen molar-refractivity contribution in [3.05, 3.63) is 38.3 Å². The fourth-order valence-corrected chi connectivity index (χ4v) is 1.55. The second-order valence-corrected chi connectivity index (χ2v) is 3.83. The Morgan fingerprint density at radius 1 is 1.53 bits per heavy atom. The lowest BCUT2D eigenvalue weighted by Gasteiger charge is -2.10. The van der Waals surface area contributed by atoms with Gasteiger partial charge in [-0.3, -0.25) is 24.3 Å². The number of carbonyl (C=O) groups excluding carboxylic acids is 1. The van der Waals surface area contributed by atoms with Crippen LogP contribution in [0.3, 0.4) is 0 Å². The highest BCUT2D eigenvalue weighted by molar-refractivity contribution is 5.75. The van der Waals surface area contributed by atoms with Gasteiger partial charge < -0.3 is 10.1 Å². The van der Waals surface area contributed by atoms with E-state index < -0.39 is 16.4 Å². The van der Waals surface area contributed by atoms with E-state index in [1.54, 1.807) is 0 Å². The molecule has 104 valence electrons. The number of hydrogen-bond acceptors (Lipinski definition) is 5. The van der Waals surface area contributed by atoms with Gasteiger partial charge in [0.25, 0.3) is 11.2 Å².